The van der Waals surface area contributed by atoms with Crippen molar-refractivity contribution in [3.05, 3.63) is 35.4 Å². The fourth-order valence-electron chi connectivity index (χ4n) is 4.51. The first-order chi connectivity index (χ1) is 15.1. The van der Waals surface area contributed by atoms with Crippen molar-refractivity contribution < 1.29 is 9.53 Å². The van der Waals surface area contributed by atoms with Crippen molar-refractivity contribution >= 4 is 35.9 Å². The van der Waals surface area contributed by atoms with Gasteiger partial charge in [-0.2, -0.15) is 0 Å². The number of carbonyl (C=O) groups is 1. The van der Waals surface area contributed by atoms with Crippen LogP contribution in [0.2, 0.25) is 0 Å². The van der Waals surface area contributed by atoms with Crippen LogP contribution >= 0.6 is 24.0 Å². The highest BCUT2D eigenvalue weighted by Crippen LogP contribution is 2.21. The molecule has 180 valence electrons. The minimum Gasteiger partial charge on any atom is -0.466 e. The number of ether oxygens (including phenoxy) is 1. The van der Waals surface area contributed by atoms with Gasteiger partial charge in [0.25, 0.3) is 0 Å². The molecule has 32 heavy (non-hydrogen) atoms. The van der Waals surface area contributed by atoms with Gasteiger partial charge in [0.2, 0.25) is 0 Å². The molecule has 1 aromatic rings. The van der Waals surface area contributed by atoms with Crippen LogP contribution < -0.4 is 5.32 Å². The summed E-state index contributed by atoms with van der Waals surface area (Å²) in [6, 6.07) is 8.91. The number of aliphatic imine (C=N–C) groups is 1. The molecule has 1 N–H and O–H groups in total. The Morgan fingerprint density at radius 3 is 2.31 bits per heavy atom. The van der Waals surface area contributed by atoms with Gasteiger partial charge in [0.15, 0.2) is 5.96 Å². The van der Waals surface area contributed by atoms with E-state index >= 15 is 0 Å². The zero-order valence-corrected chi connectivity index (χ0v) is 22.3. The van der Waals surface area contributed by atoms with Gasteiger partial charge in [-0.3, -0.25) is 14.7 Å². The fraction of sp³-hybridized carbons (Fsp3) is 0.680. The van der Waals surface area contributed by atoms with Gasteiger partial charge in [0.05, 0.1) is 12.5 Å². The maximum absolute atomic E-state index is 12.0. The normalized spacial score (nSPS) is 18.8. The summed E-state index contributed by atoms with van der Waals surface area (Å²) in [5, 5.41) is 3.46. The summed E-state index contributed by atoms with van der Waals surface area (Å²) in [4.78, 5) is 21.9. The maximum atomic E-state index is 12.0. The Bertz CT molecular complexity index is 709. The van der Waals surface area contributed by atoms with E-state index < -0.39 is 0 Å². The lowest BCUT2D eigenvalue weighted by Crippen LogP contribution is -2.47. The number of piperidine rings is 2. The van der Waals surface area contributed by atoms with E-state index in [4.69, 9.17) is 9.73 Å². The Kier molecular flexibility index (Phi) is 11.8. The van der Waals surface area contributed by atoms with Crippen molar-refractivity contribution in [3.63, 3.8) is 0 Å². The van der Waals surface area contributed by atoms with E-state index in [1.54, 1.807) is 0 Å². The lowest BCUT2D eigenvalue weighted by Gasteiger charge is -2.34. The monoisotopic (exact) mass is 556 g/mol. The zero-order valence-electron chi connectivity index (χ0n) is 20.0. The van der Waals surface area contributed by atoms with Crippen molar-refractivity contribution in [1.82, 2.24) is 15.1 Å². The van der Waals surface area contributed by atoms with Crippen LogP contribution in [0.3, 0.4) is 0 Å². The van der Waals surface area contributed by atoms with E-state index in [0.29, 0.717) is 12.5 Å². The molecular weight excluding hydrogens is 515 g/mol. The summed E-state index contributed by atoms with van der Waals surface area (Å²) < 4.78 is 5.20. The van der Waals surface area contributed by atoms with Crippen molar-refractivity contribution in [2.45, 2.75) is 53.0 Å². The number of benzene rings is 1. The number of rotatable bonds is 7. The van der Waals surface area contributed by atoms with Gasteiger partial charge in [0.1, 0.15) is 0 Å². The smallest absolute Gasteiger partial charge is 0.309 e. The molecule has 2 fully saturated rings. The molecule has 2 saturated heterocycles. The van der Waals surface area contributed by atoms with Gasteiger partial charge in [-0.1, -0.05) is 29.8 Å². The summed E-state index contributed by atoms with van der Waals surface area (Å²) in [5.74, 6) is 1.66. The Balaban J connectivity index is 0.00000363. The zero-order chi connectivity index (χ0) is 22.1. The lowest BCUT2D eigenvalue weighted by atomic mass is 9.96. The third kappa shape index (κ3) is 8.21. The van der Waals surface area contributed by atoms with Crippen LogP contribution in [0.25, 0.3) is 0 Å². The number of hydrogen-bond acceptors (Lipinski definition) is 4. The van der Waals surface area contributed by atoms with Gasteiger partial charge in [-0.25, -0.2) is 0 Å². The first kappa shape index (κ1) is 26.9. The van der Waals surface area contributed by atoms with Crippen LogP contribution in [-0.4, -0.2) is 67.6 Å². The number of hydrogen-bond donors (Lipinski definition) is 1. The quantitative estimate of drug-likeness (QED) is 0.238. The van der Waals surface area contributed by atoms with Crippen LogP contribution in [0.5, 0.6) is 0 Å². The molecule has 0 bridgehead atoms. The van der Waals surface area contributed by atoms with E-state index in [0.717, 1.165) is 64.6 Å². The molecule has 0 aromatic heterocycles. The summed E-state index contributed by atoms with van der Waals surface area (Å²) >= 11 is 0. The van der Waals surface area contributed by atoms with E-state index in [-0.39, 0.29) is 35.9 Å². The molecular formula is C25H41IN4O2. The molecule has 2 aliphatic rings. The predicted molar refractivity (Wildman–Crippen MR) is 142 cm³/mol. The Labute approximate surface area is 211 Å². The number of aryl methyl sites for hydroxylation is 1. The molecule has 0 aliphatic carbocycles. The number of nitrogens with zero attached hydrogens (tertiary/aromatic N) is 3. The van der Waals surface area contributed by atoms with Crippen LogP contribution in [0.15, 0.2) is 29.3 Å². The van der Waals surface area contributed by atoms with Crippen LogP contribution in [0.1, 0.15) is 50.7 Å². The second kappa shape index (κ2) is 14.0. The van der Waals surface area contributed by atoms with Gasteiger partial charge >= 0.3 is 5.97 Å². The fourth-order valence-corrected chi connectivity index (χ4v) is 4.51. The Morgan fingerprint density at radius 2 is 1.72 bits per heavy atom. The molecule has 0 amide bonds. The summed E-state index contributed by atoms with van der Waals surface area (Å²) in [6.45, 7) is 13.4. The van der Waals surface area contributed by atoms with E-state index in [2.05, 4.69) is 53.2 Å². The van der Waals surface area contributed by atoms with Crippen LogP contribution in [-0.2, 0) is 16.1 Å². The standard InChI is InChI=1S/C25H40N4O2.HI/c1-4-26-25(29-16-12-23(13-17-29)24(30)31-5-2)27-18-21-10-14-28(15-11-21)19-22-8-6-20(3)7-9-22;/h6-9,21,23H,4-5,10-19H2,1-3H3,(H,26,27);1H. The third-order valence-electron chi connectivity index (χ3n) is 6.48. The Morgan fingerprint density at radius 1 is 1.06 bits per heavy atom. The van der Waals surface area contributed by atoms with Gasteiger partial charge < -0.3 is 15.0 Å². The van der Waals surface area contributed by atoms with Crippen molar-refractivity contribution in [2.24, 2.45) is 16.8 Å². The number of likely N-dealkylation sites (tertiary alicyclic amines) is 2. The summed E-state index contributed by atoms with van der Waals surface area (Å²) in [5.41, 5.74) is 2.73. The average Bonchev–Trinajstić information content (AvgIpc) is 2.79. The number of halogens is 1. The minimum atomic E-state index is -0.0403. The van der Waals surface area contributed by atoms with E-state index in [9.17, 15) is 4.79 Å². The largest absolute Gasteiger partial charge is 0.466 e. The lowest BCUT2D eigenvalue weighted by molar-refractivity contribution is -0.149. The second-order valence-corrected chi connectivity index (χ2v) is 8.91. The Hall–Kier alpha value is -1.35. The number of guanidine groups is 1. The summed E-state index contributed by atoms with van der Waals surface area (Å²) in [6.07, 6.45) is 4.11. The molecule has 2 aliphatic heterocycles. The molecule has 0 saturated carbocycles. The highest BCUT2D eigenvalue weighted by molar-refractivity contribution is 14.0. The van der Waals surface area contributed by atoms with Crippen molar-refractivity contribution in [3.8, 4) is 0 Å². The molecule has 0 spiro atoms. The average molecular weight is 557 g/mol. The maximum Gasteiger partial charge on any atom is 0.309 e. The number of nitrogens with one attached hydrogen (secondary N) is 1. The number of carbonyl (C=O) groups excluding carboxylic acids is 1. The second-order valence-electron chi connectivity index (χ2n) is 8.91. The molecule has 3 rings (SSSR count). The first-order valence-corrected chi connectivity index (χ1v) is 12.1. The molecule has 7 heteroatoms. The van der Waals surface area contributed by atoms with Crippen LogP contribution in [0, 0.1) is 18.8 Å². The molecule has 6 nitrogen and oxygen atoms in total. The highest BCUT2D eigenvalue weighted by atomic mass is 127. The SMILES string of the molecule is CCNC(=NCC1CCN(Cc2ccc(C)cc2)CC1)N1CCC(C(=O)OCC)CC1.I. The van der Waals surface area contributed by atoms with Gasteiger partial charge in [-0.15, -0.1) is 24.0 Å². The first-order valence-electron chi connectivity index (χ1n) is 12.1. The molecule has 1 aromatic carbocycles. The van der Waals surface area contributed by atoms with E-state index in [1.807, 2.05) is 6.92 Å². The van der Waals surface area contributed by atoms with Crippen molar-refractivity contribution in [1.29, 1.82) is 0 Å². The topological polar surface area (TPSA) is 57.2 Å². The summed E-state index contributed by atoms with van der Waals surface area (Å²) in [7, 11) is 0. The van der Waals surface area contributed by atoms with Crippen molar-refractivity contribution in [2.75, 3.05) is 45.9 Å². The van der Waals surface area contributed by atoms with Crippen LogP contribution in [0.4, 0.5) is 0 Å². The number of esters is 1. The molecule has 2 heterocycles. The molecule has 0 radical (unpaired) electrons. The minimum absolute atomic E-state index is 0. The van der Waals surface area contributed by atoms with Gasteiger partial charge in [0, 0.05) is 32.7 Å². The van der Waals surface area contributed by atoms with E-state index in [1.165, 1.54) is 24.0 Å². The highest BCUT2D eigenvalue weighted by Gasteiger charge is 2.27. The molecule has 0 atom stereocenters. The predicted octanol–water partition coefficient (Wildman–Crippen LogP) is 4.07. The third-order valence-corrected chi connectivity index (χ3v) is 6.48. The molecule has 0 unspecified atom stereocenters. The van der Waals surface area contributed by atoms with Gasteiger partial charge in [-0.05, 0) is 71.0 Å².